The van der Waals surface area contributed by atoms with Crippen molar-refractivity contribution in [3.05, 3.63) is 29.3 Å². The number of hydrogen-bond acceptors (Lipinski definition) is 4. The molecule has 110 valence electrons. The van der Waals surface area contributed by atoms with E-state index in [0.717, 1.165) is 12.0 Å². The summed E-state index contributed by atoms with van der Waals surface area (Å²) >= 11 is 0. The molecule has 1 rings (SSSR count). The van der Waals surface area contributed by atoms with Gasteiger partial charge in [0.15, 0.2) is 0 Å². The summed E-state index contributed by atoms with van der Waals surface area (Å²) in [5.41, 5.74) is 12.8. The first-order valence-electron chi connectivity index (χ1n) is 6.41. The average Bonchev–Trinajstić information content (AvgIpc) is 2.40. The second-order valence-electron chi connectivity index (χ2n) is 4.62. The summed E-state index contributed by atoms with van der Waals surface area (Å²) in [5.74, 6) is -0.752. The van der Waals surface area contributed by atoms with Crippen molar-refractivity contribution >= 4 is 17.5 Å². The maximum Gasteiger partial charge on any atom is 0.248 e. The zero-order chi connectivity index (χ0) is 15.1. The van der Waals surface area contributed by atoms with Gasteiger partial charge in [-0.25, -0.2) is 0 Å². The van der Waals surface area contributed by atoms with Crippen LogP contribution in [0.2, 0.25) is 0 Å². The van der Waals surface area contributed by atoms with Crippen LogP contribution in [0.3, 0.4) is 0 Å². The molecule has 0 radical (unpaired) electrons. The zero-order valence-corrected chi connectivity index (χ0v) is 11.8. The number of hydrogen-bond donors (Lipinski definition) is 3. The highest BCUT2D eigenvalue weighted by Crippen LogP contribution is 2.16. The number of methoxy groups -OCH3 is 1. The van der Waals surface area contributed by atoms with E-state index < -0.39 is 11.9 Å². The Morgan fingerprint density at radius 2 is 2.10 bits per heavy atom. The highest BCUT2D eigenvalue weighted by molar-refractivity contribution is 5.97. The number of ether oxygens (including phenoxy) is 1. The van der Waals surface area contributed by atoms with Crippen LogP contribution in [0, 0.1) is 6.92 Å². The van der Waals surface area contributed by atoms with E-state index in [0.29, 0.717) is 24.3 Å². The van der Waals surface area contributed by atoms with Gasteiger partial charge in [-0.3, -0.25) is 9.59 Å². The Kier molecular flexibility index (Phi) is 6.14. The number of benzene rings is 1. The minimum absolute atomic E-state index is 0.254. The molecule has 0 aliphatic rings. The van der Waals surface area contributed by atoms with Crippen molar-refractivity contribution < 1.29 is 14.3 Å². The third-order valence-corrected chi connectivity index (χ3v) is 2.97. The minimum atomic E-state index is -0.583. The molecule has 1 aromatic rings. The lowest BCUT2D eigenvalue weighted by atomic mass is 10.1. The minimum Gasteiger partial charge on any atom is -0.385 e. The van der Waals surface area contributed by atoms with Crippen LogP contribution in [0.5, 0.6) is 0 Å². The van der Waals surface area contributed by atoms with Gasteiger partial charge >= 0.3 is 0 Å². The Labute approximate surface area is 118 Å². The molecule has 1 unspecified atom stereocenters. The van der Waals surface area contributed by atoms with Gasteiger partial charge in [0.1, 0.15) is 0 Å². The van der Waals surface area contributed by atoms with Gasteiger partial charge in [0.05, 0.1) is 6.04 Å². The highest BCUT2D eigenvalue weighted by Gasteiger charge is 2.14. The van der Waals surface area contributed by atoms with E-state index in [1.165, 1.54) is 0 Å². The van der Waals surface area contributed by atoms with Crippen LogP contribution in [0.1, 0.15) is 28.8 Å². The molecular formula is C14H21N3O3. The standard InChI is InChI=1S/C14H21N3O3/c1-9-8-10(13(16)18)5-6-12(9)17-14(19)11(15)4-3-7-20-2/h5-6,8,11H,3-4,7,15H2,1-2H3,(H2,16,18)(H,17,19). The first kappa shape index (κ1) is 16.1. The topological polar surface area (TPSA) is 107 Å². The molecule has 6 heteroatoms. The van der Waals surface area contributed by atoms with Gasteiger partial charge in [0, 0.05) is 25.0 Å². The van der Waals surface area contributed by atoms with E-state index in [1.54, 1.807) is 32.2 Å². The number of carbonyl (C=O) groups excluding carboxylic acids is 2. The Morgan fingerprint density at radius 3 is 2.65 bits per heavy atom. The summed E-state index contributed by atoms with van der Waals surface area (Å²) in [6, 6.07) is 4.27. The summed E-state index contributed by atoms with van der Waals surface area (Å²) < 4.78 is 4.91. The summed E-state index contributed by atoms with van der Waals surface area (Å²) in [6.07, 6.45) is 1.28. The SMILES string of the molecule is COCCCC(N)C(=O)Nc1ccc(C(N)=O)cc1C. The molecule has 5 N–H and O–H groups in total. The van der Waals surface area contributed by atoms with Crippen LogP contribution >= 0.6 is 0 Å². The van der Waals surface area contributed by atoms with Gasteiger partial charge in [-0.05, 0) is 43.5 Å². The van der Waals surface area contributed by atoms with Crippen LogP contribution in [0.25, 0.3) is 0 Å². The van der Waals surface area contributed by atoms with Gasteiger partial charge < -0.3 is 21.5 Å². The number of carbonyl (C=O) groups is 2. The fourth-order valence-electron chi connectivity index (χ4n) is 1.76. The van der Waals surface area contributed by atoms with Crippen molar-refractivity contribution in [2.75, 3.05) is 19.0 Å². The fourth-order valence-corrected chi connectivity index (χ4v) is 1.76. The van der Waals surface area contributed by atoms with Crippen LogP contribution in [-0.2, 0) is 9.53 Å². The number of amides is 2. The van der Waals surface area contributed by atoms with E-state index in [2.05, 4.69) is 5.32 Å². The van der Waals surface area contributed by atoms with Crippen LogP contribution in [0.4, 0.5) is 5.69 Å². The lowest BCUT2D eigenvalue weighted by Gasteiger charge is -2.14. The van der Waals surface area contributed by atoms with Crippen molar-refractivity contribution in [2.45, 2.75) is 25.8 Å². The third-order valence-electron chi connectivity index (χ3n) is 2.97. The normalized spacial score (nSPS) is 11.9. The van der Waals surface area contributed by atoms with Gasteiger partial charge in [0.25, 0.3) is 0 Å². The second-order valence-corrected chi connectivity index (χ2v) is 4.62. The lowest BCUT2D eigenvalue weighted by Crippen LogP contribution is -2.36. The van der Waals surface area contributed by atoms with Gasteiger partial charge in [-0.15, -0.1) is 0 Å². The van der Waals surface area contributed by atoms with Gasteiger partial charge in [0.2, 0.25) is 11.8 Å². The Balaban J connectivity index is 2.64. The van der Waals surface area contributed by atoms with Crippen molar-refractivity contribution in [1.29, 1.82) is 0 Å². The predicted octanol–water partition coefficient (Wildman–Crippen LogP) is 0.786. The number of aryl methyl sites for hydroxylation is 1. The molecule has 0 spiro atoms. The van der Waals surface area contributed by atoms with Crippen LogP contribution in [0.15, 0.2) is 18.2 Å². The summed E-state index contributed by atoms with van der Waals surface area (Å²) in [5, 5.41) is 2.75. The number of primary amides is 1. The molecular weight excluding hydrogens is 258 g/mol. The van der Waals surface area contributed by atoms with Gasteiger partial charge in [-0.1, -0.05) is 0 Å². The van der Waals surface area contributed by atoms with E-state index in [-0.39, 0.29) is 5.91 Å². The Hall–Kier alpha value is -1.92. The third kappa shape index (κ3) is 4.64. The van der Waals surface area contributed by atoms with Crippen molar-refractivity contribution in [3.63, 3.8) is 0 Å². The molecule has 0 aliphatic carbocycles. The summed E-state index contributed by atoms with van der Waals surface area (Å²) in [7, 11) is 1.61. The van der Waals surface area contributed by atoms with E-state index in [9.17, 15) is 9.59 Å². The fraction of sp³-hybridized carbons (Fsp3) is 0.429. The maximum atomic E-state index is 11.9. The average molecular weight is 279 g/mol. The van der Waals surface area contributed by atoms with E-state index in [1.807, 2.05) is 0 Å². The number of nitrogens with two attached hydrogens (primary N) is 2. The molecule has 0 saturated carbocycles. The van der Waals surface area contributed by atoms with Crippen molar-refractivity contribution in [2.24, 2.45) is 11.5 Å². The predicted molar refractivity (Wildman–Crippen MR) is 77.4 cm³/mol. The van der Waals surface area contributed by atoms with Crippen molar-refractivity contribution in [3.8, 4) is 0 Å². The summed E-state index contributed by atoms with van der Waals surface area (Å²) in [4.78, 5) is 23.0. The molecule has 1 atom stereocenters. The molecule has 0 aromatic heterocycles. The molecule has 0 aliphatic heterocycles. The lowest BCUT2D eigenvalue weighted by molar-refractivity contribution is -0.117. The quantitative estimate of drug-likeness (QED) is 0.641. The Bertz CT molecular complexity index is 489. The number of anilines is 1. The van der Waals surface area contributed by atoms with E-state index >= 15 is 0 Å². The van der Waals surface area contributed by atoms with Crippen LogP contribution < -0.4 is 16.8 Å². The molecule has 2 amide bonds. The van der Waals surface area contributed by atoms with E-state index in [4.69, 9.17) is 16.2 Å². The van der Waals surface area contributed by atoms with Crippen molar-refractivity contribution in [1.82, 2.24) is 0 Å². The zero-order valence-electron chi connectivity index (χ0n) is 11.8. The molecule has 20 heavy (non-hydrogen) atoms. The number of nitrogens with one attached hydrogen (secondary N) is 1. The first-order valence-corrected chi connectivity index (χ1v) is 6.41. The second kappa shape index (κ2) is 7.62. The molecule has 1 aromatic carbocycles. The monoisotopic (exact) mass is 279 g/mol. The van der Waals surface area contributed by atoms with Gasteiger partial charge in [-0.2, -0.15) is 0 Å². The Morgan fingerprint density at radius 1 is 1.40 bits per heavy atom. The largest absolute Gasteiger partial charge is 0.385 e. The molecule has 6 nitrogen and oxygen atoms in total. The molecule has 0 bridgehead atoms. The smallest absolute Gasteiger partial charge is 0.248 e. The maximum absolute atomic E-state index is 11.9. The first-order chi connectivity index (χ1) is 9.45. The molecule has 0 heterocycles. The molecule has 0 fully saturated rings. The number of rotatable bonds is 7. The molecule has 0 saturated heterocycles. The highest BCUT2D eigenvalue weighted by atomic mass is 16.5. The summed E-state index contributed by atoms with van der Waals surface area (Å²) in [6.45, 7) is 2.37. The van der Waals surface area contributed by atoms with Crippen LogP contribution in [-0.4, -0.2) is 31.6 Å².